The second-order valence-electron chi connectivity index (χ2n) is 6.91. The molecule has 0 radical (unpaired) electrons. The highest BCUT2D eigenvalue weighted by atomic mass is 16.3. The predicted octanol–water partition coefficient (Wildman–Crippen LogP) is 4.35. The van der Waals surface area contributed by atoms with Crippen LogP contribution in [0.15, 0.2) is 42.5 Å². The molecule has 1 fully saturated rings. The Morgan fingerprint density at radius 2 is 1.88 bits per heavy atom. The van der Waals surface area contributed by atoms with Crippen molar-refractivity contribution in [2.45, 2.75) is 51.0 Å². The van der Waals surface area contributed by atoms with E-state index in [1.54, 1.807) is 0 Å². The average Bonchev–Trinajstić information content (AvgIpc) is 3.13. The Balaban J connectivity index is 1.46. The standard InChI is InChI=1S/C21H27NO2/c23-20(19-11-5-9-17-8-3-4-10-18(17)19)14-15-22-21(24)13-12-16-6-1-2-7-16/h3-5,8-11,16,20,23H,1-2,6-7,12-15H2,(H,22,24). The molecule has 1 aliphatic carbocycles. The van der Waals surface area contributed by atoms with E-state index in [9.17, 15) is 9.90 Å². The number of aliphatic hydroxyl groups excluding tert-OH is 1. The van der Waals surface area contributed by atoms with Crippen molar-refractivity contribution < 1.29 is 9.90 Å². The topological polar surface area (TPSA) is 49.3 Å². The highest BCUT2D eigenvalue weighted by Crippen LogP contribution is 2.28. The minimum absolute atomic E-state index is 0.118. The summed E-state index contributed by atoms with van der Waals surface area (Å²) >= 11 is 0. The molecule has 0 aliphatic heterocycles. The van der Waals surface area contributed by atoms with Gasteiger partial charge in [-0.2, -0.15) is 0 Å². The van der Waals surface area contributed by atoms with Gasteiger partial charge >= 0.3 is 0 Å². The molecule has 128 valence electrons. The molecular weight excluding hydrogens is 298 g/mol. The van der Waals surface area contributed by atoms with Crippen molar-refractivity contribution in [1.29, 1.82) is 0 Å². The molecule has 1 amide bonds. The number of rotatable bonds is 7. The molecule has 2 aromatic carbocycles. The van der Waals surface area contributed by atoms with Gasteiger partial charge in [-0.05, 0) is 35.1 Å². The van der Waals surface area contributed by atoms with Gasteiger partial charge in [-0.25, -0.2) is 0 Å². The van der Waals surface area contributed by atoms with Gasteiger partial charge in [-0.1, -0.05) is 68.1 Å². The predicted molar refractivity (Wildman–Crippen MR) is 97.7 cm³/mol. The van der Waals surface area contributed by atoms with E-state index in [0.717, 1.165) is 28.7 Å². The number of nitrogens with one attached hydrogen (secondary N) is 1. The molecule has 3 heteroatoms. The zero-order valence-corrected chi connectivity index (χ0v) is 14.2. The Hall–Kier alpha value is -1.87. The minimum atomic E-state index is -0.550. The van der Waals surface area contributed by atoms with E-state index in [1.165, 1.54) is 25.7 Å². The molecule has 0 saturated heterocycles. The lowest BCUT2D eigenvalue weighted by Gasteiger charge is -2.14. The monoisotopic (exact) mass is 325 g/mol. The maximum Gasteiger partial charge on any atom is 0.220 e. The molecule has 1 unspecified atom stereocenters. The van der Waals surface area contributed by atoms with Gasteiger partial charge in [0, 0.05) is 13.0 Å². The summed E-state index contributed by atoms with van der Waals surface area (Å²) in [5.41, 5.74) is 0.938. The summed E-state index contributed by atoms with van der Waals surface area (Å²) in [6, 6.07) is 14.1. The largest absolute Gasteiger partial charge is 0.388 e. The second kappa shape index (κ2) is 8.29. The van der Waals surface area contributed by atoms with E-state index in [1.807, 2.05) is 30.3 Å². The Kier molecular flexibility index (Phi) is 5.86. The number of amides is 1. The number of hydrogen-bond acceptors (Lipinski definition) is 2. The zero-order valence-electron chi connectivity index (χ0n) is 14.2. The third kappa shape index (κ3) is 4.35. The van der Waals surface area contributed by atoms with Crippen LogP contribution in [-0.4, -0.2) is 17.6 Å². The van der Waals surface area contributed by atoms with Crippen molar-refractivity contribution in [3.63, 3.8) is 0 Å². The Morgan fingerprint density at radius 3 is 2.71 bits per heavy atom. The summed E-state index contributed by atoms with van der Waals surface area (Å²) in [5, 5.41) is 15.7. The van der Waals surface area contributed by atoms with E-state index in [4.69, 9.17) is 0 Å². The third-order valence-corrected chi connectivity index (χ3v) is 5.18. The van der Waals surface area contributed by atoms with Crippen molar-refractivity contribution in [2.24, 2.45) is 5.92 Å². The van der Waals surface area contributed by atoms with Crippen LogP contribution in [0.2, 0.25) is 0 Å². The maximum absolute atomic E-state index is 11.9. The Labute approximate surface area is 144 Å². The fourth-order valence-corrected chi connectivity index (χ4v) is 3.77. The van der Waals surface area contributed by atoms with Gasteiger partial charge in [0.05, 0.1) is 6.10 Å². The molecule has 2 aromatic rings. The lowest BCUT2D eigenvalue weighted by Crippen LogP contribution is -2.25. The summed E-state index contributed by atoms with van der Waals surface area (Å²) in [4.78, 5) is 11.9. The number of fused-ring (bicyclic) bond motifs is 1. The van der Waals surface area contributed by atoms with Crippen molar-refractivity contribution in [3.05, 3.63) is 48.0 Å². The second-order valence-corrected chi connectivity index (χ2v) is 6.91. The van der Waals surface area contributed by atoms with Crippen LogP contribution >= 0.6 is 0 Å². The van der Waals surface area contributed by atoms with Gasteiger partial charge in [0.25, 0.3) is 0 Å². The molecule has 0 heterocycles. The number of hydrogen-bond donors (Lipinski definition) is 2. The summed E-state index contributed by atoms with van der Waals surface area (Å²) in [6.45, 7) is 0.522. The summed E-state index contributed by atoms with van der Waals surface area (Å²) in [5.74, 6) is 0.865. The van der Waals surface area contributed by atoms with E-state index in [-0.39, 0.29) is 5.91 Å². The highest BCUT2D eigenvalue weighted by Gasteiger charge is 2.16. The lowest BCUT2D eigenvalue weighted by molar-refractivity contribution is -0.121. The van der Waals surface area contributed by atoms with E-state index >= 15 is 0 Å². The molecule has 0 aromatic heterocycles. The smallest absolute Gasteiger partial charge is 0.220 e. The van der Waals surface area contributed by atoms with E-state index in [0.29, 0.717) is 19.4 Å². The Bertz CT molecular complexity index is 671. The van der Waals surface area contributed by atoms with Gasteiger partial charge in [0.15, 0.2) is 0 Å². The SMILES string of the molecule is O=C(CCC1CCCC1)NCCC(O)c1cccc2ccccc12. The van der Waals surface area contributed by atoms with Crippen molar-refractivity contribution in [2.75, 3.05) is 6.54 Å². The van der Waals surface area contributed by atoms with Crippen LogP contribution in [0.3, 0.4) is 0 Å². The van der Waals surface area contributed by atoms with Crippen LogP contribution in [0.5, 0.6) is 0 Å². The van der Waals surface area contributed by atoms with Gasteiger partial charge in [-0.3, -0.25) is 4.79 Å². The molecule has 3 rings (SSSR count). The first-order chi connectivity index (χ1) is 11.7. The van der Waals surface area contributed by atoms with Crippen LogP contribution in [0.25, 0.3) is 10.8 Å². The molecule has 24 heavy (non-hydrogen) atoms. The van der Waals surface area contributed by atoms with Gasteiger partial charge in [0.2, 0.25) is 5.91 Å². The molecule has 1 aliphatic rings. The van der Waals surface area contributed by atoms with Gasteiger partial charge in [-0.15, -0.1) is 0 Å². The van der Waals surface area contributed by atoms with Crippen LogP contribution in [0.1, 0.15) is 56.6 Å². The summed E-state index contributed by atoms with van der Waals surface area (Å²) < 4.78 is 0. The zero-order chi connectivity index (χ0) is 16.8. The molecule has 3 nitrogen and oxygen atoms in total. The van der Waals surface area contributed by atoms with E-state index < -0.39 is 6.10 Å². The summed E-state index contributed by atoms with van der Waals surface area (Å²) in [7, 11) is 0. The van der Waals surface area contributed by atoms with Crippen LogP contribution in [0, 0.1) is 5.92 Å². The van der Waals surface area contributed by atoms with Crippen molar-refractivity contribution in [1.82, 2.24) is 5.32 Å². The molecule has 1 saturated carbocycles. The molecule has 2 N–H and O–H groups in total. The number of benzene rings is 2. The Morgan fingerprint density at radius 1 is 1.12 bits per heavy atom. The first kappa shape index (κ1) is 17.0. The minimum Gasteiger partial charge on any atom is -0.388 e. The lowest BCUT2D eigenvalue weighted by atomic mass is 9.98. The first-order valence-corrected chi connectivity index (χ1v) is 9.16. The molecule has 0 bridgehead atoms. The summed E-state index contributed by atoms with van der Waals surface area (Å²) in [6.07, 6.45) is 6.84. The number of aliphatic hydroxyl groups is 1. The average molecular weight is 325 g/mol. The number of carbonyl (C=O) groups is 1. The maximum atomic E-state index is 11.9. The van der Waals surface area contributed by atoms with Gasteiger partial charge < -0.3 is 10.4 Å². The quantitative estimate of drug-likeness (QED) is 0.795. The normalized spacial score (nSPS) is 16.4. The van der Waals surface area contributed by atoms with Gasteiger partial charge in [0.1, 0.15) is 0 Å². The highest BCUT2D eigenvalue weighted by molar-refractivity contribution is 5.86. The van der Waals surface area contributed by atoms with E-state index in [2.05, 4.69) is 17.4 Å². The van der Waals surface area contributed by atoms with Crippen molar-refractivity contribution >= 4 is 16.7 Å². The third-order valence-electron chi connectivity index (χ3n) is 5.18. The molecular formula is C21H27NO2. The fourth-order valence-electron chi connectivity index (χ4n) is 3.77. The van der Waals surface area contributed by atoms with Crippen LogP contribution < -0.4 is 5.32 Å². The van der Waals surface area contributed by atoms with Crippen molar-refractivity contribution in [3.8, 4) is 0 Å². The van der Waals surface area contributed by atoms with Crippen LogP contribution in [-0.2, 0) is 4.79 Å². The fraction of sp³-hybridized carbons (Fsp3) is 0.476. The first-order valence-electron chi connectivity index (χ1n) is 9.16. The number of carbonyl (C=O) groups excluding carboxylic acids is 1. The van der Waals surface area contributed by atoms with Crippen LogP contribution in [0.4, 0.5) is 0 Å². The molecule has 0 spiro atoms. The molecule has 1 atom stereocenters.